The highest BCUT2D eigenvalue weighted by Gasteiger charge is 2.67. The zero-order valence-electron chi connectivity index (χ0n) is 29.6. The van der Waals surface area contributed by atoms with E-state index in [1.54, 1.807) is 6.92 Å². The molecule has 0 aromatic carbocycles. The number of hydrogen-bond donors (Lipinski definition) is 1. The van der Waals surface area contributed by atoms with E-state index in [9.17, 15) is 18.0 Å². The van der Waals surface area contributed by atoms with E-state index in [-0.39, 0.29) is 34.5 Å². The number of hydrogen-bond acceptors (Lipinski definition) is 9. The Kier molecular flexibility index (Phi) is 12.0. The minimum absolute atomic E-state index is 0.0316. The lowest BCUT2D eigenvalue weighted by molar-refractivity contribution is -0.0567. The largest absolute Gasteiger partial charge is 0.414 e. The summed E-state index contributed by atoms with van der Waals surface area (Å²) in [6.07, 6.45) is 2.84. The first kappa shape index (κ1) is 39.4. The van der Waals surface area contributed by atoms with Gasteiger partial charge in [-0.1, -0.05) is 76.7 Å². The van der Waals surface area contributed by atoms with E-state index in [1.165, 1.54) is 15.3 Å². The normalized spacial score (nSPS) is 25.4. The lowest BCUT2D eigenvalue weighted by atomic mass is 9.89. The summed E-state index contributed by atoms with van der Waals surface area (Å²) >= 11 is 3.45. The first-order valence-corrected chi connectivity index (χ1v) is 24.6. The molecule has 2 aliphatic rings. The van der Waals surface area contributed by atoms with Gasteiger partial charge in [0.05, 0.1) is 17.7 Å². The second-order valence-electron chi connectivity index (χ2n) is 15.7. The van der Waals surface area contributed by atoms with Gasteiger partial charge in [-0.05, 0) is 56.0 Å². The summed E-state index contributed by atoms with van der Waals surface area (Å²) in [4.78, 5) is 27.4. The summed E-state index contributed by atoms with van der Waals surface area (Å²) in [5.74, 6) is 0. The molecule has 1 aromatic heterocycles. The Morgan fingerprint density at radius 3 is 2.07 bits per heavy atom. The number of ether oxygens (including phenoxy) is 1. The number of aryl methyl sites for hydroxylation is 1. The van der Waals surface area contributed by atoms with Gasteiger partial charge in [-0.15, -0.1) is 0 Å². The maximum Gasteiger partial charge on any atom is 0.333 e. The minimum Gasteiger partial charge on any atom is -0.414 e. The molecular formula is C31H56BrN3O8SSi2. The molecular weight excluding hydrogens is 710 g/mol. The number of alkyl halides is 1. The van der Waals surface area contributed by atoms with Gasteiger partial charge in [0.2, 0.25) is 0 Å². The number of unbranched alkanes of at least 4 members (excludes halogenated alkanes) is 4. The fourth-order valence-corrected chi connectivity index (χ4v) is 9.15. The zero-order valence-corrected chi connectivity index (χ0v) is 34.0. The number of halogens is 1. The third-order valence-corrected chi connectivity index (χ3v) is 20.8. The highest BCUT2D eigenvalue weighted by atomic mass is 79.9. The van der Waals surface area contributed by atoms with Crippen LogP contribution in [0.1, 0.15) is 85.4 Å². The van der Waals surface area contributed by atoms with Crippen LogP contribution in [-0.4, -0.2) is 63.9 Å². The molecule has 0 saturated carbocycles. The standard InChI is InChI=1S/C31H56BrN3O8SSi2/c1-22-19-35(28(37)34(26(22)36)18-16-14-12-13-15-17-32)27-25(42-46(10,11)30(5,6)7)31(23(33)21-44(38,39)43-31)24(41-27)20-40-45(8,9)29(2,3)4/h19,21,24-25,27H,12-18,20,33H2,1-11H3. The van der Waals surface area contributed by atoms with Gasteiger partial charge in [0.1, 0.15) is 12.2 Å². The second-order valence-corrected chi connectivity index (χ2v) is 27.5. The molecule has 0 radical (unpaired) electrons. The van der Waals surface area contributed by atoms with Crippen molar-refractivity contribution in [2.75, 3.05) is 11.9 Å². The third-order valence-electron chi connectivity index (χ3n) is 10.2. The lowest BCUT2D eigenvalue weighted by Gasteiger charge is -2.43. The lowest BCUT2D eigenvalue weighted by Crippen LogP contribution is -2.59. The van der Waals surface area contributed by atoms with Crippen molar-refractivity contribution in [1.82, 2.24) is 9.13 Å². The second kappa shape index (κ2) is 14.0. The van der Waals surface area contributed by atoms with E-state index in [1.807, 2.05) is 13.1 Å². The fraction of sp³-hybridized carbons (Fsp3) is 0.806. The van der Waals surface area contributed by atoms with Crippen LogP contribution in [0.2, 0.25) is 36.3 Å². The zero-order chi connectivity index (χ0) is 35.1. The van der Waals surface area contributed by atoms with Crippen LogP contribution in [0.15, 0.2) is 26.9 Å². The summed E-state index contributed by atoms with van der Waals surface area (Å²) in [6, 6.07) is 0. The monoisotopic (exact) mass is 765 g/mol. The van der Waals surface area contributed by atoms with Crippen LogP contribution in [0.4, 0.5) is 0 Å². The van der Waals surface area contributed by atoms with E-state index in [0.717, 1.165) is 36.4 Å². The van der Waals surface area contributed by atoms with E-state index in [0.29, 0.717) is 12.0 Å². The van der Waals surface area contributed by atoms with Crippen molar-refractivity contribution >= 4 is 42.7 Å². The summed E-state index contributed by atoms with van der Waals surface area (Å²) in [5, 5.41) is 1.42. The molecule has 46 heavy (non-hydrogen) atoms. The molecule has 1 aromatic rings. The Morgan fingerprint density at radius 1 is 0.978 bits per heavy atom. The van der Waals surface area contributed by atoms with Crippen molar-refractivity contribution in [3.05, 3.63) is 43.7 Å². The summed E-state index contributed by atoms with van der Waals surface area (Å²) in [5.41, 5.74) is 4.16. The van der Waals surface area contributed by atoms with Crippen molar-refractivity contribution in [3.8, 4) is 0 Å². The van der Waals surface area contributed by atoms with Gasteiger partial charge in [0, 0.05) is 23.6 Å². The maximum absolute atomic E-state index is 14.1. The Balaban J connectivity index is 2.19. The van der Waals surface area contributed by atoms with Crippen LogP contribution in [0, 0.1) is 6.92 Å². The highest BCUT2D eigenvalue weighted by molar-refractivity contribution is 9.09. The van der Waals surface area contributed by atoms with Crippen molar-refractivity contribution in [1.29, 1.82) is 0 Å². The molecule has 3 rings (SSSR count). The molecule has 1 spiro atoms. The van der Waals surface area contributed by atoms with E-state index in [2.05, 4.69) is 70.6 Å². The van der Waals surface area contributed by atoms with Crippen LogP contribution in [-0.2, 0) is 34.4 Å². The molecule has 3 heterocycles. The van der Waals surface area contributed by atoms with Gasteiger partial charge in [-0.25, -0.2) is 8.98 Å². The van der Waals surface area contributed by atoms with Crippen LogP contribution in [0.5, 0.6) is 0 Å². The molecule has 2 aliphatic heterocycles. The van der Waals surface area contributed by atoms with Crippen molar-refractivity contribution in [2.45, 2.75) is 147 Å². The average Bonchev–Trinajstić information content (AvgIpc) is 3.33. The molecule has 1 fully saturated rings. The number of nitrogens with two attached hydrogens (primary N) is 1. The number of aromatic nitrogens is 2. The molecule has 4 unspecified atom stereocenters. The smallest absolute Gasteiger partial charge is 0.333 e. The SMILES string of the molecule is Cc1cn(C2OC(CO[Si](C)(C)C(C)(C)C)C3(OS(=O)(=O)C=C3N)C2O[Si](C)(C)C(C)(C)C)c(=O)n(CCCCCCCBr)c1=O. The van der Waals surface area contributed by atoms with E-state index in [4.69, 9.17) is 23.5 Å². The third kappa shape index (κ3) is 8.03. The topological polar surface area (TPSA) is 141 Å². The molecule has 11 nitrogen and oxygen atoms in total. The molecule has 0 amide bonds. The van der Waals surface area contributed by atoms with Crippen LogP contribution in [0.25, 0.3) is 0 Å². The van der Waals surface area contributed by atoms with Gasteiger partial charge in [0.25, 0.3) is 15.7 Å². The van der Waals surface area contributed by atoms with Gasteiger partial charge in [0.15, 0.2) is 28.5 Å². The van der Waals surface area contributed by atoms with Gasteiger partial charge in [-0.3, -0.25) is 13.9 Å². The quantitative estimate of drug-likeness (QED) is 0.113. The van der Waals surface area contributed by atoms with Gasteiger partial charge in [-0.2, -0.15) is 8.42 Å². The van der Waals surface area contributed by atoms with E-state index >= 15 is 0 Å². The molecule has 4 atom stereocenters. The molecule has 1 saturated heterocycles. The van der Waals surface area contributed by atoms with Gasteiger partial charge >= 0.3 is 5.69 Å². The summed E-state index contributed by atoms with van der Waals surface area (Å²) in [7, 11) is -9.25. The number of rotatable bonds is 13. The van der Waals surface area contributed by atoms with Crippen molar-refractivity contribution < 1.29 is 26.2 Å². The Labute approximate surface area is 285 Å². The summed E-state index contributed by atoms with van der Waals surface area (Å²) < 4.78 is 54.8. The Bertz CT molecular complexity index is 1510. The fourth-order valence-electron chi connectivity index (χ4n) is 5.25. The Hall–Kier alpha value is -1.08. The predicted octanol–water partition coefficient (Wildman–Crippen LogP) is 5.87. The minimum atomic E-state index is -4.21. The molecule has 2 N–H and O–H groups in total. The predicted molar refractivity (Wildman–Crippen MR) is 191 cm³/mol. The molecule has 264 valence electrons. The van der Waals surface area contributed by atoms with Crippen LogP contribution in [0.3, 0.4) is 0 Å². The van der Waals surface area contributed by atoms with E-state index < -0.39 is 56.5 Å². The van der Waals surface area contributed by atoms with Crippen LogP contribution < -0.4 is 17.0 Å². The summed E-state index contributed by atoms with van der Waals surface area (Å²) in [6.45, 7) is 22.6. The first-order valence-electron chi connectivity index (χ1n) is 16.2. The molecule has 0 aliphatic carbocycles. The first-order chi connectivity index (χ1) is 20.9. The average molecular weight is 767 g/mol. The van der Waals surface area contributed by atoms with Gasteiger partial charge < -0.3 is 19.3 Å². The molecule has 0 bridgehead atoms. The Morgan fingerprint density at radius 2 is 1.54 bits per heavy atom. The highest BCUT2D eigenvalue weighted by Crippen LogP contribution is 2.52. The van der Waals surface area contributed by atoms with Crippen LogP contribution >= 0.6 is 15.9 Å². The van der Waals surface area contributed by atoms with Crippen molar-refractivity contribution in [2.24, 2.45) is 5.73 Å². The molecule has 15 heteroatoms. The maximum atomic E-state index is 14.1. The van der Waals surface area contributed by atoms with Crippen molar-refractivity contribution in [3.63, 3.8) is 0 Å². The number of nitrogens with zero attached hydrogens (tertiary/aromatic N) is 2.